The topological polar surface area (TPSA) is 68.2 Å². The summed E-state index contributed by atoms with van der Waals surface area (Å²) in [6.07, 6.45) is 0.421. The zero-order valence-electron chi connectivity index (χ0n) is 12.2. The molecular formula is C15H19NO5. The van der Waals surface area contributed by atoms with Gasteiger partial charge >= 0.3 is 6.09 Å². The van der Waals surface area contributed by atoms with Crippen LogP contribution < -0.4 is 9.47 Å². The Morgan fingerprint density at radius 2 is 2.05 bits per heavy atom. The molecule has 1 aromatic rings. The van der Waals surface area contributed by atoms with E-state index in [2.05, 4.69) is 0 Å². The van der Waals surface area contributed by atoms with E-state index >= 15 is 0 Å². The third-order valence-electron chi connectivity index (χ3n) is 4.26. The number of ether oxygens (including phenoxy) is 3. The predicted molar refractivity (Wildman–Crippen MR) is 74.6 cm³/mol. The van der Waals surface area contributed by atoms with Gasteiger partial charge in [0.2, 0.25) is 0 Å². The molecule has 1 N–H and O–H groups in total. The number of hydrogen-bond acceptors (Lipinski definition) is 5. The lowest BCUT2D eigenvalue weighted by Gasteiger charge is -2.43. The number of rotatable bonds is 3. The Morgan fingerprint density at radius 1 is 1.33 bits per heavy atom. The lowest BCUT2D eigenvalue weighted by atomic mass is 9.84. The summed E-state index contributed by atoms with van der Waals surface area (Å²) in [4.78, 5) is 13.6. The molecule has 1 fully saturated rings. The Bertz CT molecular complexity index is 559. The van der Waals surface area contributed by atoms with Crippen molar-refractivity contribution < 1.29 is 24.1 Å². The van der Waals surface area contributed by atoms with Gasteiger partial charge in [0, 0.05) is 12.5 Å². The second-order valence-corrected chi connectivity index (χ2v) is 5.31. The molecule has 0 radical (unpaired) electrons. The van der Waals surface area contributed by atoms with Gasteiger partial charge in [0.1, 0.15) is 6.61 Å². The lowest BCUT2D eigenvalue weighted by Crippen LogP contribution is -2.49. The van der Waals surface area contributed by atoms with E-state index in [1.807, 2.05) is 12.1 Å². The summed E-state index contributed by atoms with van der Waals surface area (Å²) in [7, 11) is 3.19. The van der Waals surface area contributed by atoms with Crippen LogP contribution in [0, 0.1) is 5.92 Å². The van der Waals surface area contributed by atoms with Gasteiger partial charge in [0.05, 0.1) is 26.9 Å². The number of nitrogens with zero attached hydrogens (tertiary/aromatic N) is 1. The molecule has 1 saturated heterocycles. The normalized spacial score (nSPS) is 24.0. The zero-order valence-corrected chi connectivity index (χ0v) is 12.2. The fourth-order valence-corrected chi connectivity index (χ4v) is 3.19. The highest BCUT2D eigenvalue weighted by Crippen LogP contribution is 2.42. The van der Waals surface area contributed by atoms with Crippen molar-refractivity contribution in [2.75, 3.05) is 34.0 Å². The SMILES string of the molecule is COc1cc2c(cc1OC)C1C(CO)COC(=O)N1CC2. The van der Waals surface area contributed by atoms with Gasteiger partial charge in [-0.3, -0.25) is 0 Å². The molecule has 114 valence electrons. The number of hydrogen-bond donors (Lipinski definition) is 1. The molecule has 6 heteroatoms. The van der Waals surface area contributed by atoms with Gasteiger partial charge in [-0.2, -0.15) is 0 Å². The number of methoxy groups -OCH3 is 2. The minimum Gasteiger partial charge on any atom is -0.493 e. The van der Waals surface area contributed by atoms with Gasteiger partial charge in [0.15, 0.2) is 11.5 Å². The third-order valence-corrected chi connectivity index (χ3v) is 4.26. The summed E-state index contributed by atoms with van der Waals surface area (Å²) >= 11 is 0. The number of fused-ring (bicyclic) bond motifs is 3. The number of benzene rings is 1. The summed E-state index contributed by atoms with van der Waals surface area (Å²) < 4.78 is 15.8. The van der Waals surface area contributed by atoms with Crippen molar-refractivity contribution in [3.8, 4) is 11.5 Å². The molecule has 1 amide bonds. The average Bonchev–Trinajstić information content (AvgIpc) is 2.53. The van der Waals surface area contributed by atoms with Crippen molar-refractivity contribution in [3.63, 3.8) is 0 Å². The molecule has 21 heavy (non-hydrogen) atoms. The first-order valence-corrected chi connectivity index (χ1v) is 6.98. The minimum atomic E-state index is -0.315. The maximum absolute atomic E-state index is 11.9. The number of aliphatic hydroxyl groups is 1. The molecule has 2 atom stereocenters. The fourth-order valence-electron chi connectivity index (χ4n) is 3.19. The van der Waals surface area contributed by atoms with E-state index < -0.39 is 0 Å². The van der Waals surface area contributed by atoms with Gasteiger partial charge in [-0.15, -0.1) is 0 Å². The van der Waals surface area contributed by atoms with Crippen molar-refractivity contribution in [2.45, 2.75) is 12.5 Å². The van der Waals surface area contributed by atoms with Crippen LogP contribution >= 0.6 is 0 Å². The quantitative estimate of drug-likeness (QED) is 0.911. The molecule has 2 aliphatic rings. The molecule has 2 heterocycles. The van der Waals surface area contributed by atoms with Crippen molar-refractivity contribution in [3.05, 3.63) is 23.3 Å². The van der Waals surface area contributed by atoms with Crippen LogP contribution in [0.5, 0.6) is 11.5 Å². The van der Waals surface area contributed by atoms with Crippen molar-refractivity contribution in [1.82, 2.24) is 4.90 Å². The van der Waals surface area contributed by atoms with Gasteiger partial charge in [0.25, 0.3) is 0 Å². The summed E-state index contributed by atoms with van der Waals surface area (Å²) in [6, 6.07) is 3.70. The Hall–Kier alpha value is -1.95. The van der Waals surface area contributed by atoms with E-state index in [1.54, 1.807) is 19.1 Å². The smallest absolute Gasteiger partial charge is 0.410 e. The van der Waals surface area contributed by atoms with Gasteiger partial charge in [-0.05, 0) is 29.7 Å². The van der Waals surface area contributed by atoms with Crippen LogP contribution in [0.4, 0.5) is 4.79 Å². The Kier molecular flexibility index (Phi) is 3.63. The standard InChI is InChI=1S/C15H19NO5/c1-19-12-5-9-3-4-16-14(11(9)6-13(12)20-2)10(7-17)8-21-15(16)18/h5-6,10,14,17H,3-4,7-8H2,1-2H3. The summed E-state index contributed by atoms with van der Waals surface area (Å²) in [5.41, 5.74) is 2.14. The minimum absolute atomic E-state index is 0.0256. The molecule has 1 aromatic carbocycles. The summed E-state index contributed by atoms with van der Waals surface area (Å²) in [6.45, 7) is 0.801. The molecule has 2 unspecified atom stereocenters. The summed E-state index contributed by atoms with van der Waals surface area (Å²) in [5.74, 6) is 1.19. The molecular weight excluding hydrogens is 274 g/mol. The fraction of sp³-hybridized carbons (Fsp3) is 0.533. The molecule has 0 bridgehead atoms. The number of amides is 1. The van der Waals surface area contributed by atoms with E-state index in [0.717, 1.165) is 17.5 Å². The molecule has 6 nitrogen and oxygen atoms in total. The van der Waals surface area contributed by atoms with Crippen LogP contribution in [0.2, 0.25) is 0 Å². The number of carbonyl (C=O) groups is 1. The van der Waals surface area contributed by atoms with E-state index in [9.17, 15) is 9.90 Å². The van der Waals surface area contributed by atoms with E-state index in [1.165, 1.54) is 0 Å². The van der Waals surface area contributed by atoms with Crippen molar-refractivity contribution in [2.24, 2.45) is 5.92 Å². The highest BCUT2D eigenvalue weighted by molar-refractivity contribution is 5.70. The van der Waals surface area contributed by atoms with E-state index in [0.29, 0.717) is 18.0 Å². The van der Waals surface area contributed by atoms with Crippen LogP contribution in [-0.4, -0.2) is 50.1 Å². The largest absolute Gasteiger partial charge is 0.493 e. The third kappa shape index (κ3) is 2.19. The van der Waals surface area contributed by atoms with Crippen LogP contribution in [0.15, 0.2) is 12.1 Å². The zero-order chi connectivity index (χ0) is 15.0. The van der Waals surface area contributed by atoms with E-state index in [4.69, 9.17) is 14.2 Å². The van der Waals surface area contributed by atoms with E-state index in [-0.39, 0.29) is 31.3 Å². The first-order chi connectivity index (χ1) is 10.2. The van der Waals surface area contributed by atoms with Crippen LogP contribution in [0.25, 0.3) is 0 Å². The highest BCUT2D eigenvalue weighted by atomic mass is 16.6. The molecule has 0 aromatic heterocycles. The first-order valence-electron chi connectivity index (χ1n) is 6.98. The maximum atomic E-state index is 11.9. The van der Waals surface area contributed by atoms with Gasteiger partial charge in [-0.25, -0.2) is 4.79 Å². The molecule has 2 aliphatic heterocycles. The maximum Gasteiger partial charge on any atom is 0.410 e. The molecule has 0 saturated carbocycles. The van der Waals surface area contributed by atoms with Crippen LogP contribution in [0.3, 0.4) is 0 Å². The van der Waals surface area contributed by atoms with Crippen LogP contribution in [0.1, 0.15) is 17.2 Å². The average molecular weight is 293 g/mol. The Balaban J connectivity index is 2.08. The first kappa shape index (κ1) is 14.0. The second-order valence-electron chi connectivity index (χ2n) is 5.31. The van der Waals surface area contributed by atoms with Crippen molar-refractivity contribution >= 4 is 6.09 Å². The summed E-state index contributed by atoms with van der Waals surface area (Å²) in [5, 5.41) is 9.60. The van der Waals surface area contributed by atoms with Gasteiger partial charge < -0.3 is 24.2 Å². The monoisotopic (exact) mass is 293 g/mol. The Morgan fingerprint density at radius 3 is 2.71 bits per heavy atom. The number of cyclic esters (lactones) is 1. The number of aliphatic hydroxyl groups excluding tert-OH is 1. The van der Waals surface area contributed by atoms with Crippen molar-refractivity contribution in [1.29, 1.82) is 0 Å². The molecule has 3 rings (SSSR count). The Labute approximate surface area is 123 Å². The van der Waals surface area contributed by atoms with Crippen LogP contribution in [-0.2, 0) is 11.2 Å². The molecule has 0 aliphatic carbocycles. The lowest BCUT2D eigenvalue weighted by molar-refractivity contribution is -0.0157. The van der Waals surface area contributed by atoms with Gasteiger partial charge in [-0.1, -0.05) is 0 Å². The molecule has 0 spiro atoms. The second kappa shape index (κ2) is 5.44. The number of carbonyl (C=O) groups excluding carboxylic acids is 1. The predicted octanol–water partition coefficient (Wildman–Crippen LogP) is 1.36. The highest BCUT2D eigenvalue weighted by Gasteiger charge is 2.41.